The van der Waals surface area contributed by atoms with Crippen LogP contribution in [0.5, 0.6) is 5.75 Å². The maximum absolute atomic E-state index is 13.0. The van der Waals surface area contributed by atoms with Crippen LogP contribution in [0.15, 0.2) is 102 Å². The summed E-state index contributed by atoms with van der Waals surface area (Å²) in [5, 5.41) is 3.95. The predicted octanol–water partition coefficient (Wildman–Crippen LogP) is 3.84. The molecule has 0 atom stereocenters. The molecule has 0 saturated heterocycles. The van der Waals surface area contributed by atoms with Crippen molar-refractivity contribution in [2.24, 2.45) is 5.10 Å². The van der Waals surface area contributed by atoms with Crippen LogP contribution in [-0.4, -0.2) is 34.2 Å². The van der Waals surface area contributed by atoms with Crippen LogP contribution < -0.4 is 14.5 Å². The lowest BCUT2D eigenvalue weighted by atomic mass is 10.2. The van der Waals surface area contributed by atoms with Gasteiger partial charge >= 0.3 is 0 Å². The minimum Gasteiger partial charge on any atom is -0.497 e. The van der Waals surface area contributed by atoms with Crippen molar-refractivity contribution in [3.05, 3.63) is 103 Å². The number of nitrogens with one attached hydrogen (secondary N) is 1. The molecule has 8 heteroatoms. The lowest BCUT2D eigenvalue weighted by Gasteiger charge is -2.23. The Kier molecular flexibility index (Phi) is 7.41. The molecule has 3 aromatic rings. The van der Waals surface area contributed by atoms with Crippen molar-refractivity contribution in [3.8, 4) is 5.75 Å². The van der Waals surface area contributed by atoms with Gasteiger partial charge in [-0.2, -0.15) is 5.10 Å². The molecule has 0 aliphatic rings. The van der Waals surface area contributed by atoms with Crippen LogP contribution in [0.2, 0.25) is 0 Å². The Hall–Kier alpha value is -3.91. The van der Waals surface area contributed by atoms with Gasteiger partial charge in [0.2, 0.25) is 0 Å². The molecule has 0 unspecified atom stereocenters. The summed E-state index contributed by atoms with van der Waals surface area (Å²) in [4.78, 5) is 12.5. The van der Waals surface area contributed by atoms with Crippen LogP contribution >= 0.6 is 0 Å². The van der Waals surface area contributed by atoms with E-state index in [1.54, 1.807) is 61.7 Å². The third-order valence-electron chi connectivity index (χ3n) is 4.54. The fourth-order valence-corrected chi connectivity index (χ4v) is 4.33. The van der Waals surface area contributed by atoms with Gasteiger partial charge in [0.25, 0.3) is 15.9 Å². The van der Waals surface area contributed by atoms with E-state index in [0.29, 0.717) is 11.3 Å². The number of carbonyl (C=O) groups is 1. The predicted molar refractivity (Wildman–Crippen MR) is 126 cm³/mol. The number of anilines is 1. The van der Waals surface area contributed by atoms with Crippen LogP contribution in [-0.2, 0) is 10.0 Å². The molecule has 0 fully saturated rings. The molecule has 3 aromatic carbocycles. The van der Waals surface area contributed by atoms with Gasteiger partial charge in [-0.05, 0) is 66.2 Å². The van der Waals surface area contributed by atoms with Crippen molar-refractivity contribution in [3.63, 3.8) is 0 Å². The molecule has 1 amide bonds. The van der Waals surface area contributed by atoms with Crippen molar-refractivity contribution >= 4 is 27.8 Å². The molecular formula is C24H23N3O4S. The highest BCUT2D eigenvalue weighted by atomic mass is 32.2. The molecule has 0 saturated carbocycles. The van der Waals surface area contributed by atoms with Crippen LogP contribution in [0.4, 0.5) is 5.69 Å². The van der Waals surface area contributed by atoms with Gasteiger partial charge in [-0.3, -0.25) is 9.10 Å². The lowest BCUT2D eigenvalue weighted by Crippen LogP contribution is -2.31. The number of hydrogen-bond donors (Lipinski definition) is 1. The largest absolute Gasteiger partial charge is 0.497 e. The molecular weight excluding hydrogens is 426 g/mol. The summed E-state index contributed by atoms with van der Waals surface area (Å²) in [6.07, 6.45) is 3.03. The lowest BCUT2D eigenvalue weighted by molar-refractivity contribution is 0.0955. The fraction of sp³-hybridized carbons (Fsp3) is 0.0833. The number of ether oxygens (including phenoxy) is 1. The van der Waals surface area contributed by atoms with Gasteiger partial charge in [-0.1, -0.05) is 24.3 Å². The highest BCUT2D eigenvalue weighted by Crippen LogP contribution is 2.24. The summed E-state index contributed by atoms with van der Waals surface area (Å²) in [7, 11) is -2.18. The van der Waals surface area contributed by atoms with Crippen molar-refractivity contribution < 1.29 is 17.9 Å². The molecule has 0 heterocycles. The van der Waals surface area contributed by atoms with Gasteiger partial charge in [0.05, 0.1) is 30.5 Å². The Balaban J connectivity index is 1.72. The number of benzene rings is 3. The quantitative estimate of drug-likeness (QED) is 0.305. The maximum Gasteiger partial charge on any atom is 0.271 e. The third-order valence-corrected chi connectivity index (χ3v) is 6.35. The van der Waals surface area contributed by atoms with Crippen LogP contribution in [0.3, 0.4) is 0 Å². The maximum atomic E-state index is 13.0. The number of carbonyl (C=O) groups excluding carboxylic acids is 1. The molecule has 3 rings (SSSR count). The van der Waals surface area contributed by atoms with Crippen molar-refractivity contribution in [1.82, 2.24) is 5.43 Å². The first kappa shape index (κ1) is 22.8. The molecule has 0 aliphatic heterocycles. The standard InChI is InChI=1S/C24H23N3O4S/c1-3-17-27(32(29,30)23-7-5-4-6-8-23)21-13-11-20(12-14-21)24(28)26-25-18-19-9-15-22(31-2)16-10-19/h3-16,18H,1,17H2,2H3,(H,26,28)/b25-18-. The minimum atomic E-state index is -3.77. The number of hydrazone groups is 1. The zero-order valence-corrected chi connectivity index (χ0v) is 18.3. The van der Waals surface area contributed by atoms with Crippen LogP contribution in [0.25, 0.3) is 0 Å². The van der Waals surface area contributed by atoms with Gasteiger partial charge in [-0.15, -0.1) is 6.58 Å². The zero-order valence-electron chi connectivity index (χ0n) is 17.5. The number of nitrogens with zero attached hydrogens (tertiary/aromatic N) is 2. The second kappa shape index (κ2) is 10.4. The van der Waals surface area contributed by atoms with Crippen molar-refractivity contribution in [1.29, 1.82) is 0 Å². The van der Waals surface area contributed by atoms with Gasteiger partial charge in [-0.25, -0.2) is 13.8 Å². The Morgan fingerprint density at radius 1 is 1.03 bits per heavy atom. The Morgan fingerprint density at radius 3 is 2.28 bits per heavy atom. The highest BCUT2D eigenvalue weighted by molar-refractivity contribution is 7.92. The van der Waals surface area contributed by atoms with Gasteiger partial charge < -0.3 is 4.74 Å². The molecule has 0 spiro atoms. The van der Waals surface area contributed by atoms with Crippen LogP contribution in [0, 0.1) is 0 Å². The van der Waals surface area contributed by atoms with E-state index in [-0.39, 0.29) is 11.4 Å². The van der Waals surface area contributed by atoms with E-state index in [9.17, 15) is 13.2 Å². The van der Waals surface area contributed by atoms with E-state index in [4.69, 9.17) is 4.74 Å². The SMILES string of the molecule is C=CCN(c1ccc(C(=O)N/N=C\c2ccc(OC)cc2)cc1)S(=O)(=O)c1ccccc1. The molecule has 0 radical (unpaired) electrons. The van der Waals surface area contributed by atoms with E-state index in [2.05, 4.69) is 17.1 Å². The molecule has 0 aliphatic carbocycles. The molecule has 0 aromatic heterocycles. The first-order chi connectivity index (χ1) is 15.5. The summed E-state index contributed by atoms with van der Waals surface area (Å²) in [6, 6.07) is 21.6. The average molecular weight is 450 g/mol. The Morgan fingerprint density at radius 2 is 1.69 bits per heavy atom. The molecule has 7 nitrogen and oxygen atoms in total. The second-order valence-corrected chi connectivity index (χ2v) is 8.52. The molecule has 32 heavy (non-hydrogen) atoms. The summed E-state index contributed by atoms with van der Waals surface area (Å²) >= 11 is 0. The number of methoxy groups -OCH3 is 1. The van der Waals surface area contributed by atoms with Gasteiger partial charge in [0, 0.05) is 5.56 Å². The normalized spacial score (nSPS) is 11.2. The van der Waals surface area contributed by atoms with Crippen LogP contribution in [0.1, 0.15) is 15.9 Å². The fourth-order valence-electron chi connectivity index (χ4n) is 2.88. The third kappa shape index (κ3) is 5.41. The van der Waals surface area contributed by atoms with E-state index in [1.807, 2.05) is 12.1 Å². The summed E-state index contributed by atoms with van der Waals surface area (Å²) in [5.74, 6) is 0.313. The summed E-state index contributed by atoms with van der Waals surface area (Å²) < 4.78 is 32.4. The second-order valence-electron chi connectivity index (χ2n) is 6.66. The first-order valence-corrected chi connectivity index (χ1v) is 11.2. The molecule has 0 bridgehead atoms. The van der Waals surface area contributed by atoms with Gasteiger partial charge in [0.1, 0.15) is 5.75 Å². The molecule has 1 N–H and O–H groups in total. The number of hydrogen-bond acceptors (Lipinski definition) is 5. The minimum absolute atomic E-state index is 0.0922. The zero-order chi connectivity index (χ0) is 23.0. The number of rotatable bonds is 9. The van der Waals surface area contributed by atoms with E-state index < -0.39 is 15.9 Å². The Labute approximate surface area is 187 Å². The van der Waals surface area contributed by atoms with E-state index in [0.717, 1.165) is 11.3 Å². The monoisotopic (exact) mass is 449 g/mol. The number of sulfonamides is 1. The average Bonchev–Trinajstić information content (AvgIpc) is 2.83. The molecule has 164 valence electrons. The highest BCUT2D eigenvalue weighted by Gasteiger charge is 2.23. The topological polar surface area (TPSA) is 88.1 Å². The summed E-state index contributed by atoms with van der Waals surface area (Å²) in [5.41, 5.74) is 4.02. The number of amides is 1. The van der Waals surface area contributed by atoms with E-state index >= 15 is 0 Å². The van der Waals surface area contributed by atoms with E-state index in [1.165, 1.54) is 28.7 Å². The Bertz CT molecular complexity index is 1190. The summed E-state index contributed by atoms with van der Waals surface area (Å²) in [6.45, 7) is 3.75. The smallest absolute Gasteiger partial charge is 0.271 e. The van der Waals surface area contributed by atoms with Crippen molar-refractivity contribution in [2.45, 2.75) is 4.90 Å². The van der Waals surface area contributed by atoms with Gasteiger partial charge in [0.15, 0.2) is 0 Å². The first-order valence-electron chi connectivity index (χ1n) is 9.72. The van der Waals surface area contributed by atoms with Crippen molar-refractivity contribution in [2.75, 3.05) is 18.0 Å².